The molecule has 0 radical (unpaired) electrons. The normalized spacial score (nSPS) is 13.6. The Balaban J connectivity index is 2.38. The van der Waals surface area contributed by atoms with Crippen molar-refractivity contribution in [1.82, 2.24) is 9.55 Å². The zero-order valence-corrected chi connectivity index (χ0v) is 9.65. The van der Waals surface area contributed by atoms with Gasteiger partial charge in [-0.15, -0.1) is 0 Å². The first-order valence-corrected chi connectivity index (χ1v) is 5.35. The SMILES string of the molecule is CC(N)c1cncn1-c1ccc(C(F)(F)F)cc1. The molecule has 1 heterocycles. The lowest BCUT2D eigenvalue weighted by Crippen LogP contribution is -2.11. The molecule has 2 rings (SSSR count). The fourth-order valence-corrected chi connectivity index (χ4v) is 1.67. The van der Waals surface area contributed by atoms with Gasteiger partial charge in [-0.3, -0.25) is 0 Å². The maximum atomic E-state index is 12.4. The molecule has 0 spiro atoms. The van der Waals surface area contributed by atoms with E-state index in [2.05, 4.69) is 4.98 Å². The number of imidazole rings is 1. The van der Waals surface area contributed by atoms with Gasteiger partial charge in [0.05, 0.1) is 23.8 Å². The molecule has 0 fully saturated rings. The van der Waals surface area contributed by atoms with E-state index in [-0.39, 0.29) is 6.04 Å². The molecule has 2 N–H and O–H groups in total. The highest BCUT2D eigenvalue weighted by Crippen LogP contribution is 2.29. The molecule has 1 unspecified atom stereocenters. The van der Waals surface area contributed by atoms with Crippen LogP contribution in [0.15, 0.2) is 36.8 Å². The summed E-state index contributed by atoms with van der Waals surface area (Å²) in [6, 6.07) is 4.64. The van der Waals surface area contributed by atoms with Gasteiger partial charge in [0.1, 0.15) is 0 Å². The second-order valence-corrected chi connectivity index (χ2v) is 4.02. The summed E-state index contributed by atoms with van der Waals surface area (Å²) in [5.74, 6) is 0. The minimum absolute atomic E-state index is 0.241. The van der Waals surface area contributed by atoms with Gasteiger partial charge in [0, 0.05) is 11.7 Å². The van der Waals surface area contributed by atoms with Crippen molar-refractivity contribution in [3.05, 3.63) is 48.0 Å². The summed E-state index contributed by atoms with van der Waals surface area (Å²) in [6.45, 7) is 1.79. The van der Waals surface area contributed by atoms with Crippen LogP contribution in [0.1, 0.15) is 24.2 Å². The van der Waals surface area contributed by atoms with Crippen LogP contribution in [0, 0.1) is 0 Å². The van der Waals surface area contributed by atoms with Crippen LogP contribution in [0.2, 0.25) is 0 Å². The maximum Gasteiger partial charge on any atom is 0.416 e. The van der Waals surface area contributed by atoms with E-state index in [1.165, 1.54) is 18.5 Å². The number of halogens is 3. The first kappa shape index (κ1) is 12.6. The van der Waals surface area contributed by atoms with Crippen LogP contribution in [-0.4, -0.2) is 9.55 Å². The Hall–Kier alpha value is -1.82. The van der Waals surface area contributed by atoms with E-state index in [9.17, 15) is 13.2 Å². The smallest absolute Gasteiger partial charge is 0.323 e. The van der Waals surface area contributed by atoms with Gasteiger partial charge in [-0.05, 0) is 31.2 Å². The fraction of sp³-hybridized carbons (Fsp3) is 0.250. The number of benzene rings is 1. The minimum Gasteiger partial charge on any atom is -0.323 e. The molecule has 1 atom stereocenters. The average Bonchev–Trinajstić information content (AvgIpc) is 2.77. The highest BCUT2D eigenvalue weighted by molar-refractivity contribution is 5.37. The summed E-state index contributed by atoms with van der Waals surface area (Å²) in [6.07, 6.45) is -1.19. The Bertz CT molecular complexity index is 526. The van der Waals surface area contributed by atoms with Gasteiger partial charge in [-0.25, -0.2) is 4.98 Å². The van der Waals surface area contributed by atoms with Crippen molar-refractivity contribution >= 4 is 0 Å². The zero-order valence-electron chi connectivity index (χ0n) is 9.65. The molecular weight excluding hydrogens is 243 g/mol. The van der Waals surface area contributed by atoms with Gasteiger partial charge in [-0.2, -0.15) is 13.2 Å². The number of aromatic nitrogens is 2. The highest BCUT2D eigenvalue weighted by Gasteiger charge is 2.30. The first-order valence-electron chi connectivity index (χ1n) is 5.35. The summed E-state index contributed by atoms with van der Waals surface area (Å²) in [4.78, 5) is 3.95. The molecule has 0 aliphatic heterocycles. The van der Waals surface area contributed by atoms with Gasteiger partial charge in [0.25, 0.3) is 0 Å². The molecule has 0 aliphatic rings. The molecule has 18 heavy (non-hydrogen) atoms. The van der Waals surface area contributed by atoms with E-state index in [4.69, 9.17) is 5.73 Å². The molecule has 2 aromatic rings. The molecule has 1 aromatic heterocycles. The summed E-state index contributed by atoms with van der Waals surface area (Å²) < 4.78 is 39.0. The summed E-state index contributed by atoms with van der Waals surface area (Å²) >= 11 is 0. The molecular formula is C12H12F3N3. The highest BCUT2D eigenvalue weighted by atomic mass is 19.4. The van der Waals surface area contributed by atoms with Crippen LogP contribution in [-0.2, 0) is 6.18 Å². The lowest BCUT2D eigenvalue weighted by molar-refractivity contribution is -0.137. The summed E-state index contributed by atoms with van der Waals surface area (Å²) in [7, 11) is 0. The Morgan fingerprint density at radius 1 is 1.22 bits per heavy atom. The summed E-state index contributed by atoms with van der Waals surface area (Å²) in [5, 5.41) is 0. The third kappa shape index (κ3) is 2.38. The topological polar surface area (TPSA) is 43.8 Å². The molecule has 96 valence electrons. The van der Waals surface area contributed by atoms with Gasteiger partial charge < -0.3 is 10.3 Å². The quantitative estimate of drug-likeness (QED) is 0.896. The number of hydrogen-bond acceptors (Lipinski definition) is 2. The maximum absolute atomic E-state index is 12.4. The van der Waals surface area contributed by atoms with Crippen molar-refractivity contribution in [1.29, 1.82) is 0 Å². The average molecular weight is 255 g/mol. The van der Waals surface area contributed by atoms with Crippen molar-refractivity contribution < 1.29 is 13.2 Å². The van der Waals surface area contributed by atoms with Crippen molar-refractivity contribution in [2.75, 3.05) is 0 Å². The van der Waals surface area contributed by atoms with Crippen LogP contribution >= 0.6 is 0 Å². The van der Waals surface area contributed by atoms with Crippen LogP contribution in [0.25, 0.3) is 5.69 Å². The second kappa shape index (κ2) is 4.45. The monoisotopic (exact) mass is 255 g/mol. The van der Waals surface area contributed by atoms with E-state index in [0.29, 0.717) is 5.69 Å². The van der Waals surface area contributed by atoms with Crippen molar-refractivity contribution in [2.45, 2.75) is 19.1 Å². The van der Waals surface area contributed by atoms with Crippen LogP contribution in [0.5, 0.6) is 0 Å². The number of nitrogens with zero attached hydrogens (tertiary/aromatic N) is 2. The standard InChI is InChI=1S/C12H12F3N3/c1-8(16)11-6-17-7-18(11)10-4-2-9(3-5-10)12(13,14)15/h2-8H,16H2,1H3. The lowest BCUT2D eigenvalue weighted by Gasteiger charge is -2.12. The number of alkyl halides is 3. The van der Waals surface area contributed by atoms with Crippen LogP contribution in [0.4, 0.5) is 13.2 Å². The fourth-order valence-electron chi connectivity index (χ4n) is 1.67. The lowest BCUT2D eigenvalue weighted by atomic mass is 10.2. The molecule has 0 aliphatic carbocycles. The van der Waals surface area contributed by atoms with E-state index in [0.717, 1.165) is 17.8 Å². The van der Waals surface area contributed by atoms with E-state index >= 15 is 0 Å². The van der Waals surface area contributed by atoms with Gasteiger partial charge in [-0.1, -0.05) is 0 Å². The Morgan fingerprint density at radius 2 is 1.83 bits per heavy atom. The predicted octanol–water partition coefficient (Wildman–Crippen LogP) is 2.91. The number of hydrogen-bond donors (Lipinski definition) is 1. The number of nitrogens with two attached hydrogens (primary N) is 1. The molecule has 0 amide bonds. The second-order valence-electron chi connectivity index (χ2n) is 4.02. The molecule has 6 heteroatoms. The predicted molar refractivity (Wildman–Crippen MR) is 61.2 cm³/mol. The van der Waals surface area contributed by atoms with Crippen molar-refractivity contribution in [2.24, 2.45) is 5.73 Å². The minimum atomic E-state index is -4.32. The summed E-state index contributed by atoms with van der Waals surface area (Å²) in [5.41, 5.74) is 6.43. The third-order valence-electron chi connectivity index (χ3n) is 2.61. The third-order valence-corrected chi connectivity index (χ3v) is 2.61. The molecule has 3 nitrogen and oxygen atoms in total. The van der Waals surface area contributed by atoms with Gasteiger partial charge in [0.15, 0.2) is 0 Å². The van der Waals surface area contributed by atoms with E-state index in [1.54, 1.807) is 17.7 Å². The molecule has 0 bridgehead atoms. The Morgan fingerprint density at radius 3 is 2.33 bits per heavy atom. The Kier molecular flexibility index (Phi) is 3.13. The Labute approximate surface area is 102 Å². The largest absolute Gasteiger partial charge is 0.416 e. The molecule has 0 saturated carbocycles. The van der Waals surface area contributed by atoms with Crippen LogP contribution < -0.4 is 5.73 Å². The van der Waals surface area contributed by atoms with Crippen LogP contribution in [0.3, 0.4) is 0 Å². The zero-order chi connectivity index (χ0) is 13.3. The van der Waals surface area contributed by atoms with Gasteiger partial charge >= 0.3 is 6.18 Å². The van der Waals surface area contributed by atoms with E-state index < -0.39 is 11.7 Å². The van der Waals surface area contributed by atoms with Crippen molar-refractivity contribution in [3.8, 4) is 5.69 Å². The van der Waals surface area contributed by atoms with Gasteiger partial charge in [0.2, 0.25) is 0 Å². The van der Waals surface area contributed by atoms with Crippen molar-refractivity contribution in [3.63, 3.8) is 0 Å². The molecule has 0 saturated heterocycles. The first-order chi connectivity index (χ1) is 8.39. The number of rotatable bonds is 2. The van der Waals surface area contributed by atoms with E-state index in [1.807, 2.05) is 0 Å². The molecule has 1 aromatic carbocycles.